The second-order valence-electron chi connectivity index (χ2n) is 7.83. The molecule has 2 amide bonds. The Morgan fingerprint density at radius 1 is 1.18 bits per heavy atom. The number of allylic oxidation sites excluding steroid dienone is 3. The fraction of sp³-hybridized carbons (Fsp3) is 0.250. The fourth-order valence-corrected chi connectivity index (χ4v) is 3.29. The SMILES string of the molecule is C[n+]1ccc(C(=O)NC2=CC(c3cccc(OC(F)F)c3)=CN=CC2)cc1NC(=O)C1CC1. The summed E-state index contributed by atoms with van der Waals surface area (Å²) >= 11 is 0. The lowest BCUT2D eigenvalue weighted by Crippen LogP contribution is -2.35. The number of aromatic nitrogens is 1. The minimum atomic E-state index is -2.92. The molecule has 0 spiro atoms. The number of benzene rings is 1. The van der Waals surface area contributed by atoms with Gasteiger partial charge in [0.2, 0.25) is 0 Å². The van der Waals surface area contributed by atoms with Gasteiger partial charge < -0.3 is 10.1 Å². The summed E-state index contributed by atoms with van der Waals surface area (Å²) in [5.74, 6) is 0.237. The standard InChI is InChI=1S/C24H22F2N4O3/c1-30-10-8-17(13-21(30)29-22(31)15-5-6-15)23(32)28-19-7-9-27-14-18(11-19)16-3-2-4-20(12-16)33-24(25)26/h2-4,8-15,24H,5-7H2,1H3,(H,28,32)/p+1. The van der Waals surface area contributed by atoms with Gasteiger partial charge >= 0.3 is 12.5 Å². The molecule has 7 nitrogen and oxygen atoms in total. The molecule has 1 aromatic carbocycles. The van der Waals surface area contributed by atoms with E-state index in [-0.39, 0.29) is 23.5 Å². The number of aryl methyl sites for hydroxylation is 1. The van der Waals surface area contributed by atoms with E-state index in [1.807, 2.05) is 0 Å². The molecule has 2 aliphatic rings. The van der Waals surface area contributed by atoms with Crippen molar-refractivity contribution in [1.82, 2.24) is 5.32 Å². The lowest BCUT2D eigenvalue weighted by Gasteiger charge is -2.10. The molecule has 1 aliphatic heterocycles. The van der Waals surface area contributed by atoms with Crippen LogP contribution >= 0.6 is 0 Å². The van der Waals surface area contributed by atoms with Crippen LogP contribution in [0.1, 0.15) is 35.2 Å². The van der Waals surface area contributed by atoms with Crippen molar-refractivity contribution in [3.8, 4) is 5.75 Å². The minimum absolute atomic E-state index is 0.0357. The molecule has 1 aliphatic carbocycles. The molecule has 4 rings (SSSR count). The van der Waals surface area contributed by atoms with Gasteiger partial charge in [0, 0.05) is 36.2 Å². The second-order valence-corrected chi connectivity index (χ2v) is 7.83. The van der Waals surface area contributed by atoms with Crippen LogP contribution < -0.4 is 19.9 Å². The van der Waals surface area contributed by atoms with E-state index in [4.69, 9.17) is 0 Å². The number of rotatable bonds is 7. The van der Waals surface area contributed by atoms with Gasteiger partial charge in [-0.05, 0) is 42.7 Å². The number of aliphatic imine (C=N–C) groups is 1. The number of halogens is 2. The minimum Gasteiger partial charge on any atom is -0.435 e. The topological polar surface area (TPSA) is 83.7 Å². The Hall–Kier alpha value is -3.88. The zero-order valence-electron chi connectivity index (χ0n) is 17.9. The van der Waals surface area contributed by atoms with Gasteiger partial charge in [0.25, 0.3) is 11.7 Å². The fourth-order valence-electron chi connectivity index (χ4n) is 3.29. The molecule has 0 radical (unpaired) electrons. The Morgan fingerprint density at radius 2 is 2.00 bits per heavy atom. The maximum Gasteiger partial charge on any atom is 0.387 e. The molecule has 170 valence electrons. The van der Waals surface area contributed by atoms with Gasteiger partial charge in [0.1, 0.15) is 5.75 Å². The lowest BCUT2D eigenvalue weighted by atomic mass is 10.0. The Labute approximate surface area is 189 Å². The zero-order chi connectivity index (χ0) is 23.4. The molecule has 0 bridgehead atoms. The zero-order valence-corrected chi connectivity index (χ0v) is 17.9. The molecule has 2 N–H and O–H groups in total. The monoisotopic (exact) mass is 453 g/mol. The molecule has 1 fully saturated rings. The van der Waals surface area contributed by atoms with Crippen LogP contribution in [0, 0.1) is 5.92 Å². The van der Waals surface area contributed by atoms with E-state index >= 15 is 0 Å². The van der Waals surface area contributed by atoms with Crippen molar-refractivity contribution in [1.29, 1.82) is 0 Å². The Kier molecular flexibility index (Phi) is 6.58. The van der Waals surface area contributed by atoms with E-state index in [1.165, 1.54) is 12.1 Å². The molecule has 2 heterocycles. The molecule has 0 atom stereocenters. The van der Waals surface area contributed by atoms with Gasteiger partial charge in [0.15, 0.2) is 0 Å². The third kappa shape index (κ3) is 5.88. The number of ether oxygens (including phenoxy) is 1. The highest BCUT2D eigenvalue weighted by molar-refractivity contribution is 5.98. The van der Waals surface area contributed by atoms with Crippen LogP contribution in [0.3, 0.4) is 0 Å². The first-order valence-electron chi connectivity index (χ1n) is 10.5. The van der Waals surface area contributed by atoms with E-state index < -0.39 is 6.61 Å². The molecule has 33 heavy (non-hydrogen) atoms. The van der Waals surface area contributed by atoms with Crippen LogP contribution in [0.5, 0.6) is 5.75 Å². The highest BCUT2D eigenvalue weighted by Crippen LogP contribution is 2.30. The van der Waals surface area contributed by atoms with Crippen LogP contribution in [0.25, 0.3) is 5.57 Å². The number of carbonyl (C=O) groups is 2. The van der Waals surface area contributed by atoms with Crippen LogP contribution in [-0.2, 0) is 11.8 Å². The van der Waals surface area contributed by atoms with Gasteiger partial charge in [-0.2, -0.15) is 8.78 Å². The number of nitrogens with one attached hydrogen (secondary N) is 2. The molecular weight excluding hydrogens is 430 g/mol. The normalized spacial score (nSPS) is 15.4. The van der Waals surface area contributed by atoms with Crippen molar-refractivity contribution >= 4 is 29.4 Å². The van der Waals surface area contributed by atoms with E-state index in [0.29, 0.717) is 34.6 Å². The van der Waals surface area contributed by atoms with Crippen LogP contribution in [-0.4, -0.2) is 24.6 Å². The average molecular weight is 453 g/mol. The number of hydrogen-bond donors (Lipinski definition) is 2. The van der Waals surface area contributed by atoms with E-state index in [9.17, 15) is 18.4 Å². The molecule has 9 heteroatoms. The first kappa shape index (κ1) is 22.3. The smallest absolute Gasteiger partial charge is 0.387 e. The van der Waals surface area contributed by atoms with Crippen molar-refractivity contribution in [2.45, 2.75) is 25.9 Å². The van der Waals surface area contributed by atoms with Gasteiger partial charge in [-0.25, -0.2) is 14.7 Å². The number of amides is 2. The quantitative estimate of drug-likeness (QED) is 0.629. The Balaban J connectivity index is 1.51. The van der Waals surface area contributed by atoms with Gasteiger partial charge in [-0.15, -0.1) is 0 Å². The largest absolute Gasteiger partial charge is 0.435 e. The first-order chi connectivity index (χ1) is 15.9. The highest BCUT2D eigenvalue weighted by Gasteiger charge is 2.33. The number of alkyl halides is 2. The number of pyridine rings is 1. The van der Waals surface area contributed by atoms with E-state index in [0.717, 1.165) is 12.8 Å². The van der Waals surface area contributed by atoms with Crippen LogP contribution in [0.15, 0.2) is 65.6 Å². The van der Waals surface area contributed by atoms with Gasteiger partial charge in [-0.1, -0.05) is 12.1 Å². The van der Waals surface area contributed by atoms with Crippen molar-refractivity contribution in [3.05, 3.63) is 71.7 Å². The predicted molar refractivity (Wildman–Crippen MR) is 119 cm³/mol. The summed E-state index contributed by atoms with van der Waals surface area (Å²) < 4.78 is 31.3. The summed E-state index contributed by atoms with van der Waals surface area (Å²) in [6.07, 6.45) is 8.84. The molecule has 0 unspecified atom stereocenters. The third-order valence-corrected chi connectivity index (χ3v) is 5.24. The highest BCUT2D eigenvalue weighted by atomic mass is 19.3. The number of anilines is 1. The summed E-state index contributed by atoms with van der Waals surface area (Å²) in [6, 6.07) is 9.57. The number of hydrogen-bond acceptors (Lipinski definition) is 4. The summed E-state index contributed by atoms with van der Waals surface area (Å²) in [7, 11) is 1.79. The number of nitrogens with zero attached hydrogens (tertiary/aromatic N) is 2. The summed E-state index contributed by atoms with van der Waals surface area (Å²) in [4.78, 5) is 29.2. The van der Waals surface area contributed by atoms with Crippen molar-refractivity contribution in [2.75, 3.05) is 5.32 Å². The first-order valence-corrected chi connectivity index (χ1v) is 10.5. The maximum atomic E-state index is 12.9. The Bertz CT molecular complexity index is 1170. The van der Waals surface area contributed by atoms with Crippen molar-refractivity contribution in [2.24, 2.45) is 18.0 Å². The van der Waals surface area contributed by atoms with Crippen LogP contribution in [0.4, 0.5) is 14.6 Å². The molecule has 1 aromatic heterocycles. The molecule has 1 saturated carbocycles. The lowest BCUT2D eigenvalue weighted by molar-refractivity contribution is -0.657. The van der Waals surface area contributed by atoms with Gasteiger partial charge in [-0.3, -0.25) is 9.79 Å². The molecular formula is C24H23F2N4O3+. The van der Waals surface area contributed by atoms with E-state index in [1.54, 1.807) is 60.6 Å². The number of carbonyl (C=O) groups excluding carboxylic acids is 2. The Morgan fingerprint density at radius 3 is 2.76 bits per heavy atom. The second kappa shape index (κ2) is 9.72. The van der Waals surface area contributed by atoms with Crippen molar-refractivity contribution < 1.29 is 27.7 Å². The summed E-state index contributed by atoms with van der Waals surface area (Å²) in [6.45, 7) is -2.92. The van der Waals surface area contributed by atoms with Crippen molar-refractivity contribution in [3.63, 3.8) is 0 Å². The van der Waals surface area contributed by atoms with E-state index in [2.05, 4.69) is 20.4 Å². The third-order valence-electron chi connectivity index (χ3n) is 5.24. The van der Waals surface area contributed by atoms with Crippen LogP contribution in [0.2, 0.25) is 0 Å². The van der Waals surface area contributed by atoms with Gasteiger partial charge in [0.05, 0.1) is 24.7 Å². The summed E-state index contributed by atoms with van der Waals surface area (Å²) in [5, 5.41) is 5.74. The predicted octanol–water partition coefficient (Wildman–Crippen LogP) is 3.59. The molecule has 0 saturated heterocycles. The maximum absolute atomic E-state index is 12.9. The average Bonchev–Trinajstić information content (AvgIpc) is 3.63. The summed E-state index contributed by atoms with van der Waals surface area (Å²) in [5.41, 5.74) is 2.23. The molecule has 2 aromatic rings.